The molecule has 5 rings (SSSR count). The molecule has 0 bridgehead atoms. The minimum atomic E-state index is 0.185. The standard InChI is InChI=1S/C27H21BrN2/c28-24-17-15-23(16-18-24)27-19-26(29-30(27)25-9-5-2-6-10-25)22-13-11-21(12-14-22)20-7-3-1-4-8-20/h1-18,27H,19H2. The van der Waals surface area contributed by atoms with Gasteiger partial charge in [0.15, 0.2) is 0 Å². The van der Waals surface area contributed by atoms with Gasteiger partial charge in [0.05, 0.1) is 17.4 Å². The van der Waals surface area contributed by atoms with E-state index in [9.17, 15) is 0 Å². The number of rotatable bonds is 4. The van der Waals surface area contributed by atoms with Crippen molar-refractivity contribution < 1.29 is 0 Å². The molecule has 0 amide bonds. The van der Waals surface area contributed by atoms with Gasteiger partial charge in [-0.05, 0) is 46.5 Å². The summed E-state index contributed by atoms with van der Waals surface area (Å²) in [5.74, 6) is 0. The van der Waals surface area contributed by atoms with E-state index in [-0.39, 0.29) is 6.04 Å². The van der Waals surface area contributed by atoms with Crippen LogP contribution in [-0.4, -0.2) is 5.71 Å². The summed E-state index contributed by atoms with van der Waals surface area (Å²) in [6.07, 6.45) is 0.876. The van der Waals surface area contributed by atoms with Crippen LogP contribution in [0.3, 0.4) is 0 Å². The number of hydrazone groups is 1. The van der Waals surface area contributed by atoms with E-state index in [0.29, 0.717) is 0 Å². The number of benzene rings is 4. The second-order valence-electron chi connectivity index (χ2n) is 7.44. The molecule has 1 aliphatic heterocycles. The normalized spacial score (nSPS) is 15.8. The molecule has 1 unspecified atom stereocenters. The van der Waals surface area contributed by atoms with E-state index in [1.165, 1.54) is 22.3 Å². The zero-order valence-corrected chi connectivity index (χ0v) is 18.0. The lowest BCUT2D eigenvalue weighted by molar-refractivity contribution is 0.709. The lowest BCUT2D eigenvalue weighted by atomic mass is 9.96. The Kier molecular flexibility index (Phi) is 5.20. The number of anilines is 1. The van der Waals surface area contributed by atoms with Crippen LogP contribution in [0.25, 0.3) is 11.1 Å². The number of nitrogens with zero attached hydrogens (tertiary/aromatic N) is 2. The fourth-order valence-corrected chi connectivity index (χ4v) is 4.20. The average molecular weight is 453 g/mol. The molecule has 1 heterocycles. The van der Waals surface area contributed by atoms with Crippen LogP contribution in [0.2, 0.25) is 0 Å². The van der Waals surface area contributed by atoms with Crippen LogP contribution >= 0.6 is 15.9 Å². The van der Waals surface area contributed by atoms with Gasteiger partial charge in [-0.3, -0.25) is 5.01 Å². The molecular weight excluding hydrogens is 432 g/mol. The Bertz CT molecular complexity index is 1150. The van der Waals surface area contributed by atoms with Crippen LogP contribution in [0.15, 0.2) is 119 Å². The first-order valence-electron chi connectivity index (χ1n) is 10.1. The Morgan fingerprint density at radius 3 is 1.87 bits per heavy atom. The van der Waals surface area contributed by atoms with Gasteiger partial charge < -0.3 is 0 Å². The molecule has 0 radical (unpaired) electrons. The maximum Gasteiger partial charge on any atom is 0.0831 e. The highest BCUT2D eigenvalue weighted by Crippen LogP contribution is 2.37. The quantitative estimate of drug-likeness (QED) is 0.313. The molecule has 0 spiro atoms. The third-order valence-electron chi connectivity index (χ3n) is 5.51. The predicted octanol–water partition coefficient (Wildman–Crippen LogP) is 7.47. The fourth-order valence-electron chi connectivity index (χ4n) is 3.93. The largest absolute Gasteiger partial charge is 0.257 e. The molecule has 0 aromatic heterocycles. The summed E-state index contributed by atoms with van der Waals surface area (Å²) in [6.45, 7) is 0. The third kappa shape index (κ3) is 3.81. The summed E-state index contributed by atoms with van der Waals surface area (Å²) in [5, 5.41) is 7.21. The van der Waals surface area contributed by atoms with Gasteiger partial charge in [0.25, 0.3) is 0 Å². The molecule has 4 aromatic rings. The van der Waals surface area contributed by atoms with Crippen molar-refractivity contribution in [2.45, 2.75) is 12.5 Å². The number of hydrogen-bond donors (Lipinski definition) is 0. The Morgan fingerprint density at radius 2 is 1.20 bits per heavy atom. The van der Waals surface area contributed by atoms with Crippen molar-refractivity contribution >= 4 is 27.3 Å². The second kappa shape index (κ2) is 8.29. The predicted molar refractivity (Wildman–Crippen MR) is 129 cm³/mol. The lowest BCUT2D eigenvalue weighted by Gasteiger charge is -2.24. The molecule has 1 atom stereocenters. The molecule has 0 saturated carbocycles. The zero-order chi connectivity index (χ0) is 20.3. The molecule has 30 heavy (non-hydrogen) atoms. The van der Waals surface area contributed by atoms with Gasteiger partial charge in [-0.1, -0.05) is 101 Å². The first kappa shape index (κ1) is 18.8. The average Bonchev–Trinajstić information content (AvgIpc) is 3.26. The molecule has 1 aliphatic rings. The van der Waals surface area contributed by atoms with E-state index >= 15 is 0 Å². The summed E-state index contributed by atoms with van der Waals surface area (Å²) >= 11 is 3.55. The third-order valence-corrected chi connectivity index (χ3v) is 6.04. The number of para-hydroxylation sites is 1. The van der Waals surface area contributed by atoms with Gasteiger partial charge in [0.1, 0.15) is 0 Å². The van der Waals surface area contributed by atoms with Gasteiger partial charge >= 0.3 is 0 Å². The van der Waals surface area contributed by atoms with E-state index in [1.54, 1.807) is 0 Å². The molecule has 146 valence electrons. The van der Waals surface area contributed by atoms with Gasteiger partial charge in [0, 0.05) is 10.9 Å². The Balaban J connectivity index is 1.48. The molecule has 0 N–H and O–H groups in total. The highest BCUT2D eigenvalue weighted by Gasteiger charge is 2.29. The highest BCUT2D eigenvalue weighted by molar-refractivity contribution is 9.10. The number of halogens is 1. The van der Waals surface area contributed by atoms with Crippen LogP contribution in [0.4, 0.5) is 5.69 Å². The second-order valence-corrected chi connectivity index (χ2v) is 8.36. The van der Waals surface area contributed by atoms with Crippen LogP contribution in [0.5, 0.6) is 0 Å². The molecule has 3 heteroatoms. The van der Waals surface area contributed by atoms with E-state index in [2.05, 4.69) is 118 Å². The van der Waals surface area contributed by atoms with Crippen molar-refractivity contribution in [1.82, 2.24) is 0 Å². The maximum atomic E-state index is 5.05. The molecular formula is C27H21BrN2. The van der Waals surface area contributed by atoms with E-state index in [4.69, 9.17) is 5.10 Å². The van der Waals surface area contributed by atoms with Crippen molar-refractivity contribution in [2.75, 3.05) is 5.01 Å². The van der Waals surface area contributed by atoms with E-state index < -0.39 is 0 Å². The lowest BCUT2D eigenvalue weighted by Crippen LogP contribution is -2.18. The topological polar surface area (TPSA) is 15.6 Å². The number of hydrogen-bond acceptors (Lipinski definition) is 2. The van der Waals surface area contributed by atoms with Crippen LogP contribution in [0, 0.1) is 0 Å². The minimum absolute atomic E-state index is 0.185. The Labute approximate surface area is 185 Å². The van der Waals surface area contributed by atoms with Gasteiger partial charge in [0.2, 0.25) is 0 Å². The summed E-state index contributed by atoms with van der Waals surface area (Å²) in [7, 11) is 0. The molecule has 4 aromatic carbocycles. The van der Waals surface area contributed by atoms with Crippen molar-refractivity contribution in [3.05, 3.63) is 125 Å². The van der Waals surface area contributed by atoms with Crippen LogP contribution in [-0.2, 0) is 0 Å². The van der Waals surface area contributed by atoms with Crippen molar-refractivity contribution in [3.63, 3.8) is 0 Å². The smallest absolute Gasteiger partial charge is 0.0831 e. The van der Waals surface area contributed by atoms with Crippen LogP contribution in [0.1, 0.15) is 23.6 Å². The molecule has 0 saturated heterocycles. The minimum Gasteiger partial charge on any atom is -0.257 e. The van der Waals surface area contributed by atoms with Gasteiger partial charge in [-0.2, -0.15) is 5.10 Å². The van der Waals surface area contributed by atoms with E-state index in [0.717, 1.165) is 22.3 Å². The van der Waals surface area contributed by atoms with Crippen molar-refractivity contribution in [3.8, 4) is 11.1 Å². The Hall–Kier alpha value is -3.17. The highest BCUT2D eigenvalue weighted by atomic mass is 79.9. The Morgan fingerprint density at radius 1 is 0.633 bits per heavy atom. The van der Waals surface area contributed by atoms with Crippen molar-refractivity contribution in [1.29, 1.82) is 0 Å². The van der Waals surface area contributed by atoms with E-state index in [1.807, 2.05) is 12.1 Å². The first-order chi connectivity index (χ1) is 14.8. The molecule has 0 aliphatic carbocycles. The summed E-state index contributed by atoms with van der Waals surface area (Å²) in [6, 6.07) is 38.4. The summed E-state index contributed by atoms with van der Waals surface area (Å²) in [5.41, 5.74) is 7.13. The first-order valence-corrected chi connectivity index (χ1v) is 10.9. The van der Waals surface area contributed by atoms with Crippen LogP contribution < -0.4 is 5.01 Å². The summed E-state index contributed by atoms with van der Waals surface area (Å²) < 4.78 is 1.09. The zero-order valence-electron chi connectivity index (χ0n) is 16.4. The SMILES string of the molecule is Brc1ccc(C2CC(c3ccc(-c4ccccc4)cc3)=NN2c2ccccc2)cc1. The maximum absolute atomic E-state index is 5.05. The van der Waals surface area contributed by atoms with Gasteiger partial charge in [-0.15, -0.1) is 0 Å². The molecule has 2 nitrogen and oxygen atoms in total. The van der Waals surface area contributed by atoms with Crippen molar-refractivity contribution in [2.24, 2.45) is 5.10 Å². The molecule has 0 fully saturated rings. The van der Waals surface area contributed by atoms with Gasteiger partial charge in [-0.25, -0.2) is 0 Å². The summed E-state index contributed by atoms with van der Waals surface area (Å²) in [4.78, 5) is 0. The fraction of sp³-hybridized carbons (Fsp3) is 0.0741. The monoisotopic (exact) mass is 452 g/mol.